The van der Waals surface area contributed by atoms with Gasteiger partial charge in [0.25, 0.3) is 0 Å². The van der Waals surface area contributed by atoms with E-state index in [0.717, 1.165) is 23.4 Å². The van der Waals surface area contributed by atoms with Crippen LogP contribution in [0.3, 0.4) is 0 Å². The largest absolute Gasteiger partial charge is 0.301 e. The minimum absolute atomic E-state index is 0.695. The van der Waals surface area contributed by atoms with E-state index in [0.29, 0.717) is 5.41 Å². The molecule has 0 N–H and O–H groups in total. The lowest BCUT2D eigenvalue weighted by Gasteiger charge is -2.53. The van der Waals surface area contributed by atoms with Crippen molar-refractivity contribution >= 4 is 0 Å². The van der Waals surface area contributed by atoms with Gasteiger partial charge in [0.1, 0.15) is 0 Å². The third kappa shape index (κ3) is 4.15. The quantitative estimate of drug-likeness (QED) is 0.706. The molecule has 1 saturated carbocycles. The van der Waals surface area contributed by atoms with Crippen LogP contribution >= 0.6 is 0 Å². The van der Waals surface area contributed by atoms with Gasteiger partial charge in [0.15, 0.2) is 0 Å². The van der Waals surface area contributed by atoms with Crippen LogP contribution in [0.15, 0.2) is 0 Å². The Hall–Kier alpha value is -0.120. The summed E-state index contributed by atoms with van der Waals surface area (Å²) in [6, 6.07) is 1.61. The molecule has 4 fully saturated rings. The molecule has 3 heterocycles. The first kappa shape index (κ1) is 19.2. The maximum atomic E-state index is 2.85. The first-order valence-corrected chi connectivity index (χ1v) is 11.6. The van der Waals surface area contributed by atoms with Crippen LogP contribution in [0.2, 0.25) is 0 Å². The van der Waals surface area contributed by atoms with E-state index in [2.05, 4.69) is 42.4 Å². The fourth-order valence-electron chi connectivity index (χ4n) is 6.22. The predicted molar refractivity (Wildman–Crippen MR) is 111 cm³/mol. The minimum Gasteiger partial charge on any atom is -0.301 e. The Labute approximate surface area is 162 Å². The smallest absolute Gasteiger partial charge is 0.0350 e. The normalized spacial score (nSPS) is 30.2. The van der Waals surface area contributed by atoms with Gasteiger partial charge in [-0.15, -0.1) is 0 Å². The highest BCUT2D eigenvalue weighted by atomic mass is 15.3. The van der Waals surface area contributed by atoms with Gasteiger partial charge in [0.05, 0.1) is 0 Å². The van der Waals surface area contributed by atoms with Crippen molar-refractivity contribution in [3.63, 3.8) is 0 Å². The molecule has 0 bridgehead atoms. The van der Waals surface area contributed by atoms with Gasteiger partial charge in [0, 0.05) is 31.7 Å². The molecule has 150 valence electrons. The third-order valence-electron chi connectivity index (χ3n) is 8.26. The molecule has 1 aliphatic carbocycles. The Morgan fingerprint density at radius 3 is 1.88 bits per heavy atom. The SMILES string of the molecule is CC(C)CC1(CN2CC(N3CCC4(CCN(C(C)C)CC4)CC3)C2)CC1. The van der Waals surface area contributed by atoms with Crippen molar-refractivity contribution in [1.82, 2.24) is 14.7 Å². The molecule has 0 radical (unpaired) electrons. The average Bonchev–Trinajstić information content (AvgIpc) is 3.31. The molecule has 0 amide bonds. The maximum absolute atomic E-state index is 2.85. The van der Waals surface area contributed by atoms with Crippen LogP contribution in [-0.2, 0) is 0 Å². The van der Waals surface area contributed by atoms with Crippen LogP contribution < -0.4 is 0 Å². The molecule has 0 atom stereocenters. The fraction of sp³-hybridized carbons (Fsp3) is 1.00. The Morgan fingerprint density at radius 2 is 1.38 bits per heavy atom. The molecule has 0 aromatic rings. The lowest BCUT2D eigenvalue weighted by atomic mass is 9.70. The summed E-state index contributed by atoms with van der Waals surface area (Å²) in [7, 11) is 0. The van der Waals surface area contributed by atoms with Crippen molar-refractivity contribution in [3.05, 3.63) is 0 Å². The van der Waals surface area contributed by atoms with E-state index < -0.39 is 0 Å². The van der Waals surface area contributed by atoms with Crippen LogP contribution in [-0.4, -0.2) is 72.6 Å². The zero-order valence-electron chi connectivity index (χ0n) is 18.0. The van der Waals surface area contributed by atoms with Crippen molar-refractivity contribution < 1.29 is 0 Å². The molecule has 26 heavy (non-hydrogen) atoms. The number of hydrogen-bond donors (Lipinski definition) is 0. The van der Waals surface area contributed by atoms with Gasteiger partial charge in [0.2, 0.25) is 0 Å². The summed E-state index contributed by atoms with van der Waals surface area (Å²) in [5.41, 5.74) is 1.41. The summed E-state index contributed by atoms with van der Waals surface area (Å²) < 4.78 is 0. The molecule has 4 rings (SSSR count). The zero-order chi connectivity index (χ0) is 18.4. The topological polar surface area (TPSA) is 9.72 Å². The summed E-state index contributed by atoms with van der Waals surface area (Å²) in [5, 5.41) is 0. The van der Waals surface area contributed by atoms with E-state index in [9.17, 15) is 0 Å². The molecule has 0 aromatic heterocycles. The molecular weight excluding hydrogens is 318 g/mol. The fourth-order valence-corrected chi connectivity index (χ4v) is 6.22. The molecule has 1 spiro atoms. The standard InChI is InChI=1S/C23H43N3/c1-19(2)15-23(5-6-23)18-24-16-21(17-24)26-13-9-22(10-14-26)7-11-25(12-8-22)20(3)4/h19-21H,5-18H2,1-4H3. The lowest BCUT2D eigenvalue weighted by molar-refractivity contribution is -0.0322. The van der Waals surface area contributed by atoms with E-state index in [-0.39, 0.29) is 0 Å². The molecule has 3 heteroatoms. The summed E-state index contributed by atoms with van der Waals surface area (Å²) >= 11 is 0. The van der Waals surface area contributed by atoms with Crippen molar-refractivity contribution in [2.24, 2.45) is 16.7 Å². The Bertz CT molecular complexity index is 458. The zero-order valence-corrected chi connectivity index (χ0v) is 18.0. The number of likely N-dealkylation sites (tertiary alicyclic amines) is 3. The highest BCUT2D eigenvalue weighted by Crippen LogP contribution is 2.52. The molecule has 4 aliphatic rings. The Kier molecular flexibility index (Phi) is 5.44. The molecular formula is C23H43N3. The Morgan fingerprint density at radius 1 is 0.808 bits per heavy atom. The molecule has 3 nitrogen and oxygen atoms in total. The van der Waals surface area contributed by atoms with E-state index in [1.54, 1.807) is 0 Å². The van der Waals surface area contributed by atoms with Crippen molar-refractivity contribution in [2.75, 3.05) is 45.8 Å². The van der Waals surface area contributed by atoms with Crippen molar-refractivity contribution in [1.29, 1.82) is 0 Å². The van der Waals surface area contributed by atoms with Gasteiger partial charge in [-0.1, -0.05) is 13.8 Å². The van der Waals surface area contributed by atoms with Gasteiger partial charge >= 0.3 is 0 Å². The summed E-state index contributed by atoms with van der Waals surface area (Å²) in [6.07, 6.45) is 10.3. The number of piperidine rings is 2. The Balaban J connectivity index is 1.18. The van der Waals surface area contributed by atoms with Gasteiger partial charge in [-0.2, -0.15) is 0 Å². The first-order valence-electron chi connectivity index (χ1n) is 11.6. The van der Waals surface area contributed by atoms with Crippen molar-refractivity contribution in [2.45, 2.75) is 84.7 Å². The number of hydrogen-bond acceptors (Lipinski definition) is 3. The predicted octanol–water partition coefficient (Wildman–Crippen LogP) is 4.08. The maximum Gasteiger partial charge on any atom is 0.0350 e. The van der Waals surface area contributed by atoms with Gasteiger partial charge < -0.3 is 4.90 Å². The van der Waals surface area contributed by atoms with Crippen LogP contribution in [0.5, 0.6) is 0 Å². The van der Waals surface area contributed by atoms with Crippen LogP contribution in [0.25, 0.3) is 0 Å². The van der Waals surface area contributed by atoms with E-state index in [4.69, 9.17) is 0 Å². The third-order valence-corrected chi connectivity index (χ3v) is 8.26. The van der Waals surface area contributed by atoms with Crippen molar-refractivity contribution in [3.8, 4) is 0 Å². The van der Waals surface area contributed by atoms with E-state index in [1.165, 1.54) is 90.8 Å². The van der Waals surface area contributed by atoms with Gasteiger partial charge in [-0.25, -0.2) is 0 Å². The summed E-state index contributed by atoms with van der Waals surface area (Å²) in [4.78, 5) is 8.30. The second-order valence-electron chi connectivity index (χ2n) is 11.1. The molecule has 3 saturated heterocycles. The minimum atomic E-state index is 0.695. The highest BCUT2D eigenvalue weighted by Gasteiger charge is 2.47. The monoisotopic (exact) mass is 361 g/mol. The average molecular weight is 362 g/mol. The van der Waals surface area contributed by atoms with Gasteiger partial charge in [-0.3, -0.25) is 9.80 Å². The molecule has 0 unspecified atom stereocenters. The highest BCUT2D eigenvalue weighted by molar-refractivity contribution is 5.01. The molecule has 0 aromatic carbocycles. The van der Waals surface area contributed by atoms with Crippen LogP contribution in [0.1, 0.15) is 72.6 Å². The van der Waals surface area contributed by atoms with Gasteiger partial charge in [-0.05, 0) is 102 Å². The first-order chi connectivity index (χ1) is 12.4. The summed E-state index contributed by atoms with van der Waals surface area (Å²) in [6.45, 7) is 19.0. The number of rotatable bonds is 6. The lowest BCUT2D eigenvalue weighted by Crippen LogP contribution is -2.62. The van der Waals surface area contributed by atoms with E-state index in [1.807, 2.05) is 0 Å². The summed E-state index contributed by atoms with van der Waals surface area (Å²) in [5.74, 6) is 0.870. The van der Waals surface area contributed by atoms with Crippen LogP contribution in [0, 0.1) is 16.7 Å². The van der Waals surface area contributed by atoms with Crippen LogP contribution in [0.4, 0.5) is 0 Å². The van der Waals surface area contributed by atoms with E-state index >= 15 is 0 Å². The second-order valence-corrected chi connectivity index (χ2v) is 11.1. The molecule has 3 aliphatic heterocycles. The number of nitrogens with zero attached hydrogens (tertiary/aromatic N) is 3. The second kappa shape index (κ2) is 7.37.